The molecule has 0 heterocycles. The first-order valence-corrected chi connectivity index (χ1v) is 14.7. The average molecular weight is 574 g/mol. The first-order valence-electron chi connectivity index (χ1n) is 12.5. The van der Waals surface area contributed by atoms with Crippen molar-refractivity contribution in [3.63, 3.8) is 0 Å². The van der Waals surface area contributed by atoms with E-state index >= 15 is 0 Å². The van der Waals surface area contributed by atoms with Gasteiger partial charge in [-0.1, -0.05) is 66.2 Å². The molecule has 0 saturated carbocycles. The van der Waals surface area contributed by atoms with E-state index in [1.165, 1.54) is 23.1 Å². The second kappa shape index (κ2) is 13.1. The maximum atomic E-state index is 14.8. The third-order valence-corrected chi connectivity index (χ3v) is 7.72. The van der Waals surface area contributed by atoms with E-state index in [0.717, 1.165) is 16.1 Å². The summed E-state index contributed by atoms with van der Waals surface area (Å²) in [6.07, 6.45) is 1.14. The highest BCUT2D eigenvalue weighted by Gasteiger charge is 2.34. The van der Waals surface area contributed by atoms with Crippen LogP contribution >= 0.6 is 11.6 Å². The molecule has 0 aromatic heterocycles. The Hall–Kier alpha value is -3.43. The van der Waals surface area contributed by atoms with Crippen LogP contribution in [-0.2, 0) is 32.6 Å². The summed E-state index contributed by atoms with van der Waals surface area (Å²) in [6.45, 7) is 4.42. The van der Waals surface area contributed by atoms with Crippen LogP contribution < -0.4 is 9.62 Å². The van der Waals surface area contributed by atoms with Gasteiger partial charge in [0.1, 0.15) is 18.4 Å². The Labute approximate surface area is 234 Å². The molecule has 1 N–H and O–H groups in total. The van der Waals surface area contributed by atoms with Gasteiger partial charge in [0.05, 0.1) is 11.9 Å². The minimum absolute atomic E-state index is 0.147. The number of halogens is 2. The first-order chi connectivity index (χ1) is 18.4. The molecule has 0 saturated heterocycles. The molecular formula is C29H33ClFN3O4S. The fourth-order valence-corrected chi connectivity index (χ4v) is 5.28. The molecule has 39 heavy (non-hydrogen) atoms. The van der Waals surface area contributed by atoms with E-state index in [0.29, 0.717) is 10.6 Å². The number of anilines is 1. The number of sulfonamides is 1. The smallest absolute Gasteiger partial charge is 0.244 e. The van der Waals surface area contributed by atoms with Crippen molar-refractivity contribution < 1.29 is 22.4 Å². The van der Waals surface area contributed by atoms with Gasteiger partial charge in [-0.05, 0) is 50.1 Å². The zero-order valence-electron chi connectivity index (χ0n) is 22.4. The highest BCUT2D eigenvalue weighted by Crippen LogP contribution is 2.28. The number of nitrogens with zero attached hydrogens (tertiary/aromatic N) is 2. The molecule has 0 radical (unpaired) electrons. The second-order valence-corrected chi connectivity index (χ2v) is 11.9. The molecule has 0 unspecified atom stereocenters. The summed E-state index contributed by atoms with van der Waals surface area (Å²) < 4.78 is 41.5. The average Bonchev–Trinajstić information content (AvgIpc) is 2.87. The molecule has 0 aliphatic heterocycles. The highest BCUT2D eigenvalue weighted by atomic mass is 35.5. The molecule has 0 aliphatic carbocycles. The lowest BCUT2D eigenvalue weighted by Gasteiger charge is -2.34. The van der Waals surface area contributed by atoms with Gasteiger partial charge >= 0.3 is 0 Å². The zero-order valence-corrected chi connectivity index (χ0v) is 24.0. The van der Waals surface area contributed by atoms with E-state index in [4.69, 9.17) is 11.6 Å². The number of carbonyl (C=O) groups is 2. The number of hydrogen-bond acceptors (Lipinski definition) is 4. The summed E-state index contributed by atoms with van der Waals surface area (Å²) in [7, 11) is -3.94. The van der Waals surface area contributed by atoms with Gasteiger partial charge in [-0.2, -0.15) is 0 Å². The van der Waals surface area contributed by atoms with Crippen LogP contribution in [-0.4, -0.2) is 50.0 Å². The normalized spacial score (nSPS) is 12.2. The van der Waals surface area contributed by atoms with Crippen molar-refractivity contribution >= 4 is 39.1 Å². The number of nitrogens with one attached hydrogen (secondary N) is 1. The molecular weight excluding hydrogens is 541 g/mol. The topological polar surface area (TPSA) is 86.8 Å². The largest absolute Gasteiger partial charge is 0.352 e. The minimum atomic E-state index is -3.94. The van der Waals surface area contributed by atoms with Crippen LogP contribution in [0.3, 0.4) is 0 Å². The van der Waals surface area contributed by atoms with Crippen LogP contribution in [0.25, 0.3) is 0 Å². The van der Waals surface area contributed by atoms with E-state index in [9.17, 15) is 22.4 Å². The van der Waals surface area contributed by atoms with Crippen molar-refractivity contribution in [1.29, 1.82) is 0 Å². The fraction of sp³-hybridized carbons (Fsp3) is 0.310. The standard InChI is InChI=1S/C29H33ClFN3O4S/c1-20(2)32-29(36)27(17-22-11-6-5-7-12-22)33(18-23-13-8-9-15-25(23)31)28(35)19-34(39(4,37)38)26-16-10-14-24(30)21(26)3/h5-16,20,27H,17-19H2,1-4H3,(H,32,36)/t27-/m0/s1. The Balaban J connectivity index is 2.09. The van der Waals surface area contributed by atoms with Crippen LogP contribution in [0.1, 0.15) is 30.5 Å². The lowest BCUT2D eigenvalue weighted by molar-refractivity contribution is -0.140. The molecule has 0 spiro atoms. The molecule has 3 rings (SSSR count). The van der Waals surface area contributed by atoms with E-state index in [1.807, 2.05) is 30.3 Å². The molecule has 208 valence electrons. The highest BCUT2D eigenvalue weighted by molar-refractivity contribution is 7.92. The van der Waals surface area contributed by atoms with Crippen molar-refractivity contribution in [2.45, 2.75) is 45.8 Å². The van der Waals surface area contributed by atoms with E-state index in [2.05, 4.69) is 5.32 Å². The third-order valence-electron chi connectivity index (χ3n) is 6.19. The maximum Gasteiger partial charge on any atom is 0.244 e. The molecule has 0 aliphatic rings. The van der Waals surface area contributed by atoms with Crippen LogP contribution in [0.15, 0.2) is 72.8 Å². The molecule has 0 fully saturated rings. The van der Waals surface area contributed by atoms with Gasteiger partial charge in [-0.3, -0.25) is 13.9 Å². The van der Waals surface area contributed by atoms with Crippen LogP contribution in [0.5, 0.6) is 0 Å². The molecule has 7 nitrogen and oxygen atoms in total. The maximum absolute atomic E-state index is 14.8. The Morgan fingerprint density at radius 1 is 0.974 bits per heavy atom. The van der Waals surface area contributed by atoms with E-state index < -0.39 is 40.2 Å². The van der Waals surface area contributed by atoms with Crippen LogP contribution in [0.2, 0.25) is 5.02 Å². The lowest BCUT2D eigenvalue weighted by atomic mass is 10.0. The van der Waals surface area contributed by atoms with Crippen LogP contribution in [0.4, 0.5) is 10.1 Å². The van der Waals surface area contributed by atoms with Gasteiger partial charge in [0.2, 0.25) is 21.8 Å². The number of benzene rings is 3. The summed E-state index contributed by atoms with van der Waals surface area (Å²) >= 11 is 6.25. The summed E-state index contributed by atoms with van der Waals surface area (Å²) in [4.78, 5) is 28.7. The predicted octanol–water partition coefficient (Wildman–Crippen LogP) is 4.72. The Morgan fingerprint density at radius 2 is 1.62 bits per heavy atom. The number of rotatable bonds is 11. The summed E-state index contributed by atoms with van der Waals surface area (Å²) in [5.74, 6) is -1.63. The van der Waals surface area contributed by atoms with Gasteiger partial charge in [-0.15, -0.1) is 0 Å². The molecule has 0 bridgehead atoms. The van der Waals surface area contributed by atoms with Crippen molar-refractivity contribution in [2.75, 3.05) is 17.1 Å². The first kappa shape index (κ1) is 30.1. The molecule has 1 atom stereocenters. The molecule has 10 heteroatoms. The number of carbonyl (C=O) groups excluding carboxylic acids is 2. The monoisotopic (exact) mass is 573 g/mol. The van der Waals surface area contributed by atoms with Crippen molar-refractivity contribution in [2.24, 2.45) is 0 Å². The quantitative estimate of drug-likeness (QED) is 0.360. The van der Waals surface area contributed by atoms with Gasteiger partial charge in [0.15, 0.2) is 0 Å². The van der Waals surface area contributed by atoms with Crippen molar-refractivity contribution in [3.05, 3.63) is 100 Å². The molecule has 2 amide bonds. The number of amides is 2. The van der Waals surface area contributed by atoms with Gasteiger partial charge in [0.25, 0.3) is 0 Å². The van der Waals surface area contributed by atoms with Crippen molar-refractivity contribution in [1.82, 2.24) is 10.2 Å². The van der Waals surface area contributed by atoms with Gasteiger partial charge in [0, 0.05) is 29.6 Å². The predicted molar refractivity (Wildman–Crippen MR) is 153 cm³/mol. The Bertz CT molecular complexity index is 1420. The van der Waals surface area contributed by atoms with E-state index in [-0.39, 0.29) is 30.3 Å². The molecule has 3 aromatic rings. The zero-order chi connectivity index (χ0) is 28.7. The van der Waals surface area contributed by atoms with Crippen molar-refractivity contribution in [3.8, 4) is 0 Å². The number of hydrogen-bond donors (Lipinski definition) is 1. The van der Waals surface area contributed by atoms with E-state index in [1.54, 1.807) is 45.0 Å². The summed E-state index contributed by atoms with van der Waals surface area (Å²) in [5, 5.41) is 3.20. The third kappa shape index (κ3) is 8.03. The second-order valence-electron chi connectivity index (χ2n) is 9.64. The summed E-state index contributed by atoms with van der Waals surface area (Å²) in [6, 6.07) is 18.7. The summed E-state index contributed by atoms with van der Waals surface area (Å²) in [5.41, 5.74) is 1.72. The SMILES string of the molecule is Cc1c(Cl)cccc1N(CC(=O)N(Cc1ccccc1F)[C@@H](Cc1ccccc1)C(=O)NC(C)C)S(C)(=O)=O. The minimum Gasteiger partial charge on any atom is -0.352 e. The van der Waals surface area contributed by atoms with Gasteiger partial charge in [-0.25, -0.2) is 12.8 Å². The van der Waals surface area contributed by atoms with Crippen LogP contribution in [0, 0.1) is 12.7 Å². The Kier molecular flexibility index (Phi) is 10.1. The lowest BCUT2D eigenvalue weighted by Crippen LogP contribution is -2.54. The van der Waals surface area contributed by atoms with Gasteiger partial charge < -0.3 is 10.2 Å². The Morgan fingerprint density at radius 3 is 2.23 bits per heavy atom. The molecule has 3 aromatic carbocycles. The fourth-order valence-electron chi connectivity index (χ4n) is 4.21.